The van der Waals surface area contributed by atoms with Gasteiger partial charge in [0, 0.05) is 18.9 Å². The Balaban J connectivity index is 0.00000162. The minimum Gasteiger partial charge on any atom is -1.00 e. The van der Waals surface area contributed by atoms with Gasteiger partial charge in [-0.25, -0.2) is 4.98 Å². The van der Waals surface area contributed by atoms with Crippen molar-refractivity contribution in [3.05, 3.63) is 43.0 Å². The van der Waals surface area contributed by atoms with E-state index in [2.05, 4.69) is 4.98 Å². The fourth-order valence-electron chi connectivity index (χ4n) is 1.53. The highest BCUT2D eigenvalue weighted by Crippen LogP contribution is 2.16. The third-order valence-corrected chi connectivity index (χ3v) is 2.45. The van der Waals surface area contributed by atoms with E-state index in [0.29, 0.717) is 6.61 Å². The number of benzene rings is 1. The summed E-state index contributed by atoms with van der Waals surface area (Å²) in [6.07, 6.45) is 6.51. The van der Waals surface area contributed by atoms with Gasteiger partial charge in [-0.3, -0.25) is 0 Å². The summed E-state index contributed by atoms with van der Waals surface area (Å²) in [6.45, 7) is 1.63. The molecule has 0 unspecified atom stereocenters. The normalized spacial score (nSPS) is 9.61. The third kappa shape index (κ3) is 4.30. The van der Waals surface area contributed by atoms with Gasteiger partial charge < -0.3 is 26.4 Å². The molecule has 0 amide bonds. The molecule has 0 spiro atoms. The summed E-state index contributed by atoms with van der Waals surface area (Å²) in [4.78, 5) is 3.99. The first-order chi connectivity index (χ1) is 8.38. The maximum atomic E-state index is 5.61. The van der Waals surface area contributed by atoms with Crippen molar-refractivity contribution < 1.29 is 21.9 Å². The standard InChI is InChI=1S/C13H16N2O2.ClH/c1-16-12-3-5-13(6-4-12)17-10-2-8-15-9-7-14-11-15;/h3-7,9,11H,2,8,10H2,1H3;1H/p-1. The Morgan fingerprint density at radius 1 is 1.17 bits per heavy atom. The fourth-order valence-corrected chi connectivity index (χ4v) is 1.53. The average molecular weight is 268 g/mol. The van der Waals surface area contributed by atoms with Gasteiger partial charge in [0.05, 0.1) is 20.0 Å². The molecule has 1 aromatic heterocycles. The predicted molar refractivity (Wildman–Crippen MR) is 65.3 cm³/mol. The fraction of sp³-hybridized carbons (Fsp3) is 0.308. The molecule has 0 aliphatic carbocycles. The SMILES string of the molecule is COc1ccc(OCCCn2ccnc2)cc1.[Cl-]. The molecular formula is C13H16ClN2O2-. The van der Waals surface area contributed by atoms with E-state index in [4.69, 9.17) is 9.47 Å². The Labute approximate surface area is 113 Å². The highest BCUT2D eigenvalue weighted by molar-refractivity contribution is 5.31. The zero-order valence-electron chi connectivity index (χ0n) is 10.3. The largest absolute Gasteiger partial charge is 1.00 e. The van der Waals surface area contributed by atoms with E-state index in [9.17, 15) is 0 Å². The number of hydrogen-bond acceptors (Lipinski definition) is 3. The third-order valence-electron chi connectivity index (χ3n) is 2.45. The predicted octanol–water partition coefficient (Wildman–Crippen LogP) is -0.635. The quantitative estimate of drug-likeness (QED) is 0.654. The van der Waals surface area contributed by atoms with Crippen molar-refractivity contribution in [1.29, 1.82) is 0 Å². The number of hydrogen-bond donors (Lipinski definition) is 0. The van der Waals surface area contributed by atoms with Crippen molar-refractivity contribution >= 4 is 0 Å². The number of nitrogens with zero attached hydrogens (tertiary/aromatic N) is 2. The minimum atomic E-state index is 0. The Morgan fingerprint density at radius 3 is 2.50 bits per heavy atom. The molecular weight excluding hydrogens is 252 g/mol. The van der Waals surface area contributed by atoms with Crippen LogP contribution in [0.1, 0.15) is 6.42 Å². The van der Waals surface area contributed by atoms with Crippen LogP contribution in [0.2, 0.25) is 0 Å². The zero-order valence-corrected chi connectivity index (χ0v) is 11.0. The summed E-state index contributed by atoms with van der Waals surface area (Å²) in [6, 6.07) is 7.61. The zero-order chi connectivity index (χ0) is 11.9. The lowest BCUT2D eigenvalue weighted by molar-refractivity contribution is -0.00000434. The second-order valence-corrected chi connectivity index (χ2v) is 3.68. The molecule has 98 valence electrons. The van der Waals surface area contributed by atoms with Crippen molar-refractivity contribution in [2.75, 3.05) is 13.7 Å². The van der Waals surface area contributed by atoms with E-state index in [-0.39, 0.29) is 12.4 Å². The molecule has 0 saturated heterocycles. The van der Waals surface area contributed by atoms with Crippen LogP contribution in [-0.4, -0.2) is 23.3 Å². The van der Waals surface area contributed by atoms with Crippen LogP contribution in [0.4, 0.5) is 0 Å². The van der Waals surface area contributed by atoms with Crippen LogP contribution in [-0.2, 0) is 6.54 Å². The molecule has 0 N–H and O–H groups in total. The molecule has 0 bridgehead atoms. The average Bonchev–Trinajstić information content (AvgIpc) is 2.88. The molecule has 0 aliphatic rings. The summed E-state index contributed by atoms with van der Waals surface area (Å²) in [5, 5.41) is 0. The number of ether oxygens (including phenoxy) is 2. The van der Waals surface area contributed by atoms with E-state index in [1.807, 2.05) is 41.4 Å². The van der Waals surface area contributed by atoms with E-state index < -0.39 is 0 Å². The number of aryl methyl sites for hydroxylation is 1. The molecule has 0 atom stereocenters. The van der Waals surface area contributed by atoms with E-state index in [0.717, 1.165) is 24.5 Å². The highest BCUT2D eigenvalue weighted by atomic mass is 35.5. The summed E-state index contributed by atoms with van der Waals surface area (Å²) < 4.78 is 12.7. The smallest absolute Gasteiger partial charge is 0.119 e. The molecule has 0 saturated carbocycles. The number of rotatable bonds is 6. The second kappa shape index (κ2) is 7.61. The highest BCUT2D eigenvalue weighted by Gasteiger charge is 1.95. The maximum absolute atomic E-state index is 5.61. The first-order valence-corrected chi connectivity index (χ1v) is 5.61. The van der Waals surface area contributed by atoms with Crippen molar-refractivity contribution in [3.8, 4) is 11.5 Å². The van der Waals surface area contributed by atoms with Crippen LogP contribution in [0.3, 0.4) is 0 Å². The van der Waals surface area contributed by atoms with E-state index in [1.165, 1.54) is 0 Å². The molecule has 2 aromatic rings. The monoisotopic (exact) mass is 267 g/mol. The lowest BCUT2D eigenvalue weighted by atomic mass is 10.3. The Bertz CT molecular complexity index is 429. The molecule has 18 heavy (non-hydrogen) atoms. The summed E-state index contributed by atoms with van der Waals surface area (Å²) in [7, 11) is 1.65. The summed E-state index contributed by atoms with van der Waals surface area (Å²) >= 11 is 0. The van der Waals surface area contributed by atoms with Crippen molar-refractivity contribution in [2.24, 2.45) is 0 Å². The van der Waals surface area contributed by atoms with Crippen molar-refractivity contribution in [3.63, 3.8) is 0 Å². The van der Waals surface area contributed by atoms with Crippen LogP contribution in [0.15, 0.2) is 43.0 Å². The molecule has 1 aromatic carbocycles. The molecule has 0 aliphatic heterocycles. The van der Waals surface area contributed by atoms with Gasteiger partial charge in [0.25, 0.3) is 0 Å². The molecule has 0 fully saturated rings. The number of halogens is 1. The number of methoxy groups -OCH3 is 1. The summed E-state index contributed by atoms with van der Waals surface area (Å²) in [5.41, 5.74) is 0. The Hall–Kier alpha value is -1.68. The maximum Gasteiger partial charge on any atom is 0.119 e. The Morgan fingerprint density at radius 2 is 1.89 bits per heavy atom. The number of aromatic nitrogens is 2. The minimum absolute atomic E-state index is 0. The number of imidazole rings is 1. The topological polar surface area (TPSA) is 36.3 Å². The van der Waals surface area contributed by atoms with E-state index >= 15 is 0 Å². The first-order valence-electron chi connectivity index (χ1n) is 5.61. The van der Waals surface area contributed by atoms with Gasteiger partial charge in [-0.2, -0.15) is 0 Å². The molecule has 1 heterocycles. The Kier molecular flexibility index (Phi) is 6.08. The van der Waals surface area contributed by atoms with Gasteiger partial charge in [-0.1, -0.05) is 0 Å². The van der Waals surface area contributed by atoms with Crippen LogP contribution < -0.4 is 21.9 Å². The van der Waals surface area contributed by atoms with Crippen LogP contribution in [0.5, 0.6) is 11.5 Å². The summed E-state index contributed by atoms with van der Waals surface area (Å²) in [5.74, 6) is 1.71. The van der Waals surface area contributed by atoms with Crippen LogP contribution in [0, 0.1) is 0 Å². The lowest BCUT2D eigenvalue weighted by Gasteiger charge is -2.07. The van der Waals surface area contributed by atoms with Gasteiger partial charge >= 0.3 is 0 Å². The van der Waals surface area contributed by atoms with Gasteiger partial charge in [0.1, 0.15) is 11.5 Å². The van der Waals surface area contributed by atoms with Crippen LogP contribution >= 0.6 is 0 Å². The lowest BCUT2D eigenvalue weighted by Crippen LogP contribution is -3.00. The van der Waals surface area contributed by atoms with Gasteiger partial charge in [0.2, 0.25) is 0 Å². The van der Waals surface area contributed by atoms with Crippen molar-refractivity contribution in [1.82, 2.24) is 9.55 Å². The molecule has 2 rings (SSSR count). The van der Waals surface area contributed by atoms with Crippen molar-refractivity contribution in [2.45, 2.75) is 13.0 Å². The first kappa shape index (κ1) is 14.4. The van der Waals surface area contributed by atoms with E-state index in [1.54, 1.807) is 13.3 Å². The van der Waals surface area contributed by atoms with Gasteiger partial charge in [-0.15, -0.1) is 0 Å². The van der Waals surface area contributed by atoms with Crippen LogP contribution in [0.25, 0.3) is 0 Å². The molecule has 4 nitrogen and oxygen atoms in total. The second-order valence-electron chi connectivity index (χ2n) is 3.68. The molecule has 5 heteroatoms. The van der Waals surface area contributed by atoms with Gasteiger partial charge in [-0.05, 0) is 30.7 Å². The van der Waals surface area contributed by atoms with Gasteiger partial charge in [0.15, 0.2) is 0 Å². The molecule has 0 radical (unpaired) electrons.